The molecule has 1 aliphatic heterocycles. The number of carbonyl (C=O) groups excluding carboxylic acids is 1. The number of hydrogen-bond acceptors (Lipinski definition) is 3. The molecule has 0 saturated heterocycles. The van der Waals surface area contributed by atoms with Crippen LogP contribution in [0.5, 0.6) is 0 Å². The number of nitrogens with zero attached hydrogens (tertiary/aromatic N) is 2. The maximum absolute atomic E-state index is 10.5. The van der Waals surface area contributed by atoms with Crippen molar-refractivity contribution < 1.29 is 9.63 Å². The van der Waals surface area contributed by atoms with E-state index in [4.69, 9.17) is 5.73 Å². The molecule has 1 heterocycles. The fraction of sp³-hybridized carbons (Fsp3) is 0.600. The molecule has 0 aromatic carbocycles. The Kier molecular flexibility index (Phi) is 1.75. The Balaban J connectivity index is 2.55. The summed E-state index contributed by atoms with van der Waals surface area (Å²) < 4.78 is 0. The maximum atomic E-state index is 10.5. The third-order valence-electron chi connectivity index (χ3n) is 1.30. The number of oxime groups is 1. The van der Waals surface area contributed by atoms with E-state index in [2.05, 4.69) is 9.99 Å². The van der Waals surface area contributed by atoms with E-state index in [-0.39, 0.29) is 0 Å². The summed E-state index contributed by atoms with van der Waals surface area (Å²) in [4.78, 5) is 16.4. The molecule has 0 fully saturated rings. The van der Waals surface area contributed by atoms with E-state index < -0.39 is 6.03 Å². The Labute approximate surface area is 58.4 Å². The summed E-state index contributed by atoms with van der Waals surface area (Å²) in [6, 6.07) is -0.510. The number of hydrogen-bond donors (Lipinski definition) is 1. The molecule has 1 rings (SSSR count). The maximum Gasteiger partial charge on any atom is 0.320 e. The van der Waals surface area contributed by atoms with Gasteiger partial charge < -0.3 is 10.6 Å². The zero-order valence-electron chi connectivity index (χ0n) is 5.70. The molecule has 5 heteroatoms. The summed E-state index contributed by atoms with van der Waals surface area (Å²) in [7, 11) is 1.57. The number of primary amides is 1. The van der Waals surface area contributed by atoms with Crippen molar-refractivity contribution in [2.24, 2.45) is 10.9 Å². The van der Waals surface area contributed by atoms with Gasteiger partial charge in [0.05, 0.1) is 0 Å². The molecule has 5 nitrogen and oxygen atoms in total. The highest BCUT2D eigenvalue weighted by atomic mass is 16.6. The summed E-state index contributed by atoms with van der Waals surface area (Å²) in [6.07, 6.45) is 0.652. The smallest absolute Gasteiger partial charge is 0.320 e. The van der Waals surface area contributed by atoms with Crippen LogP contribution in [0.25, 0.3) is 0 Å². The van der Waals surface area contributed by atoms with E-state index in [0.29, 0.717) is 18.9 Å². The first-order valence-electron chi connectivity index (χ1n) is 2.94. The van der Waals surface area contributed by atoms with Crippen molar-refractivity contribution >= 4 is 11.9 Å². The lowest BCUT2D eigenvalue weighted by molar-refractivity contribution is 0.173. The first kappa shape index (κ1) is 6.85. The summed E-state index contributed by atoms with van der Waals surface area (Å²) >= 11 is 0. The molecule has 0 radical (unpaired) electrons. The Morgan fingerprint density at radius 2 is 2.60 bits per heavy atom. The zero-order chi connectivity index (χ0) is 7.56. The van der Waals surface area contributed by atoms with Gasteiger partial charge in [0.25, 0.3) is 0 Å². The third-order valence-corrected chi connectivity index (χ3v) is 1.30. The van der Waals surface area contributed by atoms with Gasteiger partial charge >= 0.3 is 6.03 Å². The molecule has 0 atom stereocenters. The molecule has 0 spiro atoms. The van der Waals surface area contributed by atoms with E-state index >= 15 is 0 Å². The number of rotatable bonds is 0. The minimum absolute atomic E-state index is 0.510. The SMILES string of the molecule is CN(C(N)=O)C1=NOCC1. The molecule has 2 N–H and O–H groups in total. The summed E-state index contributed by atoms with van der Waals surface area (Å²) in [6.45, 7) is 0.535. The average molecular weight is 143 g/mol. The lowest BCUT2D eigenvalue weighted by Crippen LogP contribution is -2.36. The Morgan fingerprint density at radius 1 is 1.90 bits per heavy atom. The Morgan fingerprint density at radius 3 is 3.00 bits per heavy atom. The average Bonchev–Trinajstić information content (AvgIpc) is 2.36. The second-order valence-corrected chi connectivity index (χ2v) is 1.99. The van der Waals surface area contributed by atoms with Crippen molar-refractivity contribution in [1.29, 1.82) is 0 Å². The molecule has 0 aromatic heterocycles. The Bertz CT molecular complexity index is 178. The van der Waals surface area contributed by atoms with Crippen LogP contribution in [-0.2, 0) is 4.84 Å². The Hall–Kier alpha value is -1.26. The highest BCUT2D eigenvalue weighted by molar-refractivity contribution is 5.96. The molecule has 0 unspecified atom stereocenters. The number of urea groups is 1. The van der Waals surface area contributed by atoms with Crippen molar-refractivity contribution in [1.82, 2.24) is 4.90 Å². The van der Waals surface area contributed by atoms with Crippen molar-refractivity contribution in [2.75, 3.05) is 13.7 Å². The van der Waals surface area contributed by atoms with Gasteiger partial charge in [-0.25, -0.2) is 4.79 Å². The molecule has 0 bridgehead atoms. The highest BCUT2D eigenvalue weighted by Crippen LogP contribution is 2.02. The molecule has 2 amide bonds. The molecule has 56 valence electrons. The lowest BCUT2D eigenvalue weighted by atomic mass is 10.4. The van der Waals surface area contributed by atoms with Gasteiger partial charge in [0.15, 0.2) is 5.84 Å². The summed E-state index contributed by atoms with van der Waals surface area (Å²) in [5.41, 5.74) is 4.97. The van der Waals surface area contributed by atoms with Crippen LogP contribution in [0, 0.1) is 0 Å². The molecule has 0 aromatic rings. The van der Waals surface area contributed by atoms with Gasteiger partial charge in [-0.2, -0.15) is 0 Å². The largest absolute Gasteiger partial charge is 0.394 e. The first-order chi connectivity index (χ1) is 4.72. The standard InChI is InChI=1S/C5H9N3O2/c1-8(5(6)9)4-2-3-10-7-4/h2-3H2,1H3,(H2,6,9). The molecule has 1 aliphatic rings. The molecule has 10 heavy (non-hydrogen) atoms. The van der Waals surface area contributed by atoms with Crippen molar-refractivity contribution in [2.45, 2.75) is 6.42 Å². The molecular formula is C5H9N3O2. The monoisotopic (exact) mass is 143 g/mol. The van der Waals surface area contributed by atoms with E-state index in [1.807, 2.05) is 0 Å². The minimum atomic E-state index is -0.510. The zero-order valence-corrected chi connectivity index (χ0v) is 5.70. The van der Waals surface area contributed by atoms with Gasteiger partial charge in [-0.05, 0) is 0 Å². The van der Waals surface area contributed by atoms with Crippen molar-refractivity contribution in [3.63, 3.8) is 0 Å². The number of amidine groups is 1. The normalized spacial score (nSPS) is 15.9. The molecule has 0 saturated carbocycles. The minimum Gasteiger partial charge on any atom is -0.394 e. The van der Waals surface area contributed by atoms with Crippen LogP contribution in [0.15, 0.2) is 5.16 Å². The van der Waals surface area contributed by atoms with Crippen LogP contribution >= 0.6 is 0 Å². The fourth-order valence-electron chi connectivity index (χ4n) is 0.659. The lowest BCUT2D eigenvalue weighted by Gasteiger charge is -2.10. The van der Waals surface area contributed by atoms with Crippen LogP contribution in [0.3, 0.4) is 0 Å². The van der Waals surface area contributed by atoms with E-state index in [9.17, 15) is 4.79 Å². The second-order valence-electron chi connectivity index (χ2n) is 1.99. The van der Waals surface area contributed by atoms with E-state index in [1.54, 1.807) is 7.05 Å². The van der Waals surface area contributed by atoms with Crippen LogP contribution < -0.4 is 5.73 Å². The van der Waals surface area contributed by atoms with Crippen LogP contribution in [0.4, 0.5) is 4.79 Å². The fourth-order valence-corrected chi connectivity index (χ4v) is 0.659. The predicted octanol–water partition coefficient (Wildman–Crippen LogP) is -0.269. The number of carbonyl (C=O) groups is 1. The van der Waals surface area contributed by atoms with E-state index in [1.165, 1.54) is 4.90 Å². The summed E-state index contributed by atoms with van der Waals surface area (Å²) in [5, 5.41) is 3.60. The first-order valence-corrected chi connectivity index (χ1v) is 2.94. The van der Waals surface area contributed by atoms with Gasteiger partial charge in [-0.1, -0.05) is 5.16 Å². The quantitative estimate of drug-likeness (QED) is 0.507. The predicted molar refractivity (Wildman–Crippen MR) is 35.4 cm³/mol. The van der Waals surface area contributed by atoms with Gasteiger partial charge in [0.2, 0.25) is 0 Å². The third kappa shape index (κ3) is 1.18. The van der Waals surface area contributed by atoms with Gasteiger partial charge in [-0.15, -0.1) is 0 Å². The van der Waals surface area contributed by atoms with Crippen LogP contribution in [0.1, 0.15) is 6.42 Å². The number of nitrogens with two attached hydrogens (primary N) is 1. The van der Waals surface area contributed by atoms with Crippen molar-refractivity contribution in [3.8, 4) is 0 Å². The van der Waals surface area contributed by atoms with Gasteiger partial charge in [-0.3, -0.25) is 4.90 Å². The molecular weight excluding hydrogens is 134 g/mol. The summed E-state index contributed by atoms with van der Waals surface area (Å²) in [5.74, 6) is 0.590. The van der Waals surface area contributed by atoms with E-state index in [0.717, 1.165) is 0 Å². The van der Waals surface area contributed by atoms with Crippen LogP contribution in [-0.4, -0.2) is 30.4 Å². The number of amides is 2. The highest BCUT2D eigenvalue weighted by Gasteiger charge is 2.15. The van der Waals surface area contributed by atoms with Gasteiger partial charge in [0.1, 0.15) is 6.61 Å². The topological polar surface area (TPSA) is 67.9 Å². The van der Waals surface area contributed by atoms with Crippen molar-refractivity contribution in [3.05, 3.63) is 0 Å². The molecule has 0 aliphatic carbocycles. The second kappa shape index (κ2) is 2.55. The van der Waals surface area contributed by atoms with Gasteiger partial charge in [0, 0.05) is 13.5 Å². The van der Waals surface area contributed by atoms with Crippen LogP contribution in [0.2, 0.25) is 0 Å².